The molecule has 100 valence electrons. The first-order chi connectivity index (χ1) is 9.16. The van der Waals surface area contributed by atoms with Gasteiger partial charge >= 0.3 is 0 Å². The number of aromatic nitrogens is 4. The Labute approximate surface area is 116 Å². The molecule has 6 nitrogen and oxygen atoms in total. The van der Waals surface area contributed by atoms with Crippen molar-refractivity contribution >= 4 is 34.1 Å². The van der Waals surface area contributed by atoms with E-state index >= 15 is 0 Å². The number of nitrogens with two attached hydrogens (primary N) is 1. The molecule has 1 saturated carbocycles. The number of anilines is 1. The van der Waals surface area contributed by atoms with Gasteiger partial charge in [0.2, 0.25) is 0 Å². The maximum atomic E-state index is 5.61. The fraction of sp³-hybridized carbons (Fsp3) is 0.500. The molecule has 0 spiro atoms. The van der Waals surface area contributed by atoms with Crippen molar-refractivity contribution in [3.8, 4) is 0 Å². The Morgan fingerprint density at radius 3 is 3.00 bits per heavy atom. The van der Waals surface area contributed by atoms with Crippen LogP contribution < -0.4 is 10.6 Å². The molecule has 2 N–H and O–H groups in total. The third-order valence-corrected chi connectivity index (χ3v) is 3.57. The van der Waals surface area contributed by atoms with E-state index in [2.05, 4.69) is 20.0 Å². The molecule has 2 heterocycles. The summed E-state index contributed by atoms with van der Waals surface area (Å²) in [6.07, 6.45) is 6.51. The van der Waals surface area contributed by atoms with Crippen molar-refractivity contribution in [2.24, 2.45) is 12.8 Å². The van der Waals surface area contributed by atoms with E-state index in [-0.39, 0.29) is 0 Å². The van der Waals surface area contributed by atoms with Crippen molar-refractivity contribution in [3.63, 3.8) is 0 Å². The number of fused-ring (bicyclic) bond motifs is 1. The first kappa shape index (κ1) is 12.3. The SMILES string of the molecule is Cn1ncc2c(N(CCC(N)=S)C3CC3)ncnc21. The minimum Gasteiger partial charge on any atom is -0.393 e. The molecule has 1 aliphatic rings. The Bertz CT molecular complexity index is 618. The number of thiocarbonyl (C=S) groups is 1. The molecule has 0 atom stereocenters. The van der Waals surface area contributed by atoms with Gasteiger partial charge in [-0.2, -0.15) is 5.10 Å². The van der Waals surface area contributed by atoms with Crippen LogP contribution in [-0.2, 0) is 7.05 Å². The molecule has 2 aromatic heterocycles. The van der Waals surface area contributed by atoms with Gasteiger partial charge in [-0.15, -0.1) is 0 Å². The van der Waals surface area contributed by atoms with Crippen LogP contribution in [0.25, 0.3) is 11.0 Å². The highest BCUT2D eigenvalue weighted by Gasteiger charge is 2.31. The minimum atomic E-state index is 0.544. The summed E-state index contributed by atoms with van der Waals surface area (Å²) in [7, 11) is 1.88. The normalized spacial score (nSPS) is 14.8. The summed E-state index contributed by atoms with van der Waals surface area (Å²) in [5, 5.41) is 5.24. The lowest BCUT2D eigenvalue weighted by Gasteiger charge is -2.23. The van der Waals surface area contributed by atoms with Crippen LogP contribution in [0.2, 0.25) is 0 Å². The Hall–Kier alpha value is -1.76. The van der Waals surface area contributed by atoms with Gasteiger partial charge in [0, 0.05) is 26.1 Å². The lowest BCUT2D eigenvalue weighted by molar-refractivity contribution is 0.779. The maximum Gasteiger partial charge on any atom is 0.163 e. The summed E-state index contributed by atoms with van der Waals surface area (Å²) in [6, 6.07) is 0.549. The van der Waals surface area contributed by atoms with Gasteiger partial charge in [0.05, 0.1) is 16.6 Å². The van der Waals surface area contributed by atoms with Crippen molar-refractivity contribution < 1.29 is 0 Å². The number of hydrogen-bond donors (Lipinski definition) is 1. The minimum absolute atomic E-state index is 0.544. The first-order valence-corrected chi connectivity index (χ1v) is 6.75. The molecule has 0 saturated heterocycles. The summed E-state index contributed by atoms with van der Waals surface area (Å²) >= 11 is 4.97. The van der Waals surface area contributed by atoms with E-state index in [1.807, 2.05) is 13.2 Å². The largest absolute Gasteiger partial charge is 0.393 e. The highest BCUT2D eigenvalue weighted by Crippen LogP contribution is 2.33. The van der Waals surface area contributed by atoms with Crippen molar-refractivity contribution in [2.45, 2.75) is 25.3 Å². The predicted molar refractivity (Wildman–Crippen MR) is 78.1 cm³/mol. The van der Waals surface area contributed by atoms with Gasteiger partial charge in [0.1, 0.15) is 12.1 Å². The zero-order valence-electron chi connectivity index (χ0n) is 10.8. The zero-order chi connectivity index (χ0) is 13.4. The number of nitrogens with zero attached hydrogens (tertiary/aromatic N) is 5. The van der Waals surface area contributed by atoms with E-state index in [1.165, 1.54) is 12.8 Å². The van der Waals surface area contributed by atoms with Crippen LogP contribution in [0.3, 0.4) is 0 Å². The molecule has 3 rings (SSSR count). The van der Waals surface area contributed by atoms with Crippen molar-refractivity contribution in [1.29, 1.82) is 0 Å². The lowest BCUT2D eigenvalue weighted by Crippen LogP contribution is -2.30. The quantitative estimate of drug-likeness (QED) is 0.822. The molecular formula is C12H16N6S. The van der Waals surface area contributed by atoms with Crippen molar-refractivity contribution in [1.82, 2.24) is 19.7 Å². The van der Waals surface area contributed by atoms with Crippen LogP contribution in [0.1, 0.15) is 19.3 Å². The van der Waals surface area contributed by atoms with E-state index in [9.17, 15) is 0 Å². The first-order valence-electron chi connectivity index (χ1n) is 6.34. The second-order valence-electron chi connectivity index (χ2n) is 4.84. The molecule has 19 heavy (non-hydrogen) atoms. The van der Waals surface area contributed by atoms with Gasteiger partial charge in [-0.05, 0) is 12.8 Å². The van der Waals surface area contributed by atoms with Crippen LogP contribution in [0.4, 0.5) is 5.82 Å². The zero-order valence-corrected chi connectivity index (χ0v) is 11.6. The average molecular weight is 276 g/mol. The Morgan fingerprint density at radius 2 is 2.32 bits per heavy atom. The van der Waals surface area contributed by atoms with Gasteiger partial charge in [-0.1, -0.05) is 12.2 Å². The molecule has 0 unspecified atom stereocenters. The highest BCUT2D eigenvalue weighted by molar-refractivity contribution is 7.80. The molecule has 7 heteroatoms. The Morgan fingerprint density at radius 1 is 1.53 bits per heavy atom. The fourth-order valence-electron chi connectivity index (χ4n) is 2.26. The summed E-state index contributed by atoms with van der Waals surface area (Å²) in [4.78, 5) is 11.5. The molecule has 0 aliphatic heterocycles. The van der Waals surface area contributed by atoms with E-state index < -0.39 is 0 Å². The average Bonchev–Trinajstić information content (AvgIpc) is 3.15. The lowest BCUT2D eigenvalue weighted by atomic mass is 10.3. The number of aryl methyl sites for hydroxylation is 1. The summed E-state index contributed by atoms with van der Waals surface area (Å²) in [6.45, 7) is 0.807. The third-order valence-electron chi connectivity index (χ3n) is 3.37. The van der Waals surface area contributed by atoms with Gasteiger partial charge < -0.3 is 10.6 Å². The standard InChI is InChI=1S/C12H16N6S/c1-17-11-9(6-16-17)12(15-7-14-11)18(8-2-3-8)5-4-10(13)19/h6-8H,2-5H2,1H3,(H2,13,19). The molecular weight excluding hydrogens is 260 g/mol. The number of rotatable bonds is 5. The molecule has 0 radical (unpaired) electrons. The van der Waals surface area contributed by atoms with Crippen LogP contribution in [0.5, 0.6) is 0 Å². The molecule has 1 fully saturated rings. The summed E-state index contributed by atoms with van der Waals surface area (Å²) in [5.41, 5.74) is 6.46. The van der Waals surface area contributed by atoms with Gasteiger partial charge in [-0.3, -0.25) is 4.68 Å². The predicted octanol–water partition coefficient (Wildman–Crippen LogP) is 1.01. The Kier molecular flexibility index (Phi) is 3.06. The molecule has 1 aliphatic carbocycles. The van der Waals surface area contributed by atoms with Gasteiger partial charge in [0.15, 0.2) is 5.65 Å². The fourth-order valence-corrected chi connectivity index (χ4v) is 2.35. The van der Waals surface area contributed by atoms with Crippen molar-refractivity contribution in [2.75, 3.05) is 11.4 Å². The summed E-state index contributed by atoms with van der Waals surface area (Å²) < 4.78 is 1.76. The van der Waals surface area contributed by atoms with E-state index in [4.69, 9.17) is 18.0 Å². The molecule has 2 aromatic rings. The Balaban J connectivity index is 1.97. The van der Waals surface area contributed by atoms with E-state index in [0.29, 0.717) is 17.5 Å². The molecule has 0 amide bonds. The second kappa shape index (κ2) is 4.73. The van der Waals surface area contributed by atoms with Crippen LogP contribution >= 0.6 is 12.2 Å². The van der Waals surface area contributed by atoms with Crippen LogP contribution in [-0.4, -0.2) is 37.3 Å². The highest BCUT2D eigenvalue weighted by atomic mass is 32.1. The second-order valence-corrected chi connectivity index (χ2v) is 5.37. The monoisotopic (exact) mass is 276 g/mol. The maximum absolute atomic E-state index is 5.61. The van der Waals surface area contributed by atoms with Gasteiger partial charge in [0.25, 0.3) is 0 Å². The van der Waals surface area contributed by atoms with Crippen LogP contribution in [0.15, 0.2) is 12.5 Å². The van der Waals surface area contributed by atoms with E-state index in [0.717, 1.165) is 23.4 Å². The molecule has 0 aromatic carbocycles. The molecule has 0 bridgehead atoms. The number of hydrogen-bond acceptors (Lipinski definition) is 5. The summed E-state index contributed by atoms with van der Waals surface area (Å²) in [5.74, 6) is 0.942. The van der Waals surface area contributed by atoms with Crippen molar-refractivity contribution in [3.05, 3.63) is 12.5 Å². The van der Waals surface area contributed by atoms with Gasteiger partial charge in [-0.25, -0.2) is 9.97 Å². The topological polar surface area (TPSA) is 72.9 Å². The third kappa shape index (κ3) is 2.37. The van der Waals surface area contributed by atoms with E-state index in [1.54, 1.807) is 11.0 Å². The van der Waals surface area contributed by atoms with Crippen LogP contribution in [0, 0.1) is 0 Å². The smallest absolute Gasteiger partial charge is 0.163 e.